The van der Waals surface area contributed by atoms with Gasteiger partial charge in [-0.2, -0.15) is 0 Å². The molecule has 0 unspecified atom stereocenters. The van der Waals surface area contributed by atoms with Crippen LogP contribution in [0.2, 0.25) is 0 Å². The molecule has 1 aliphatic rings. The van der Waals surface area contributed by atoms with E-state index in [1.807, 2.05) is 67.6 Å². The molecule has 1 aliphatic heterocycles. The van der Waals surface area contributed by atoms with Crippen LogP contribution in [0.15, 0.2) is 83.5 Å². The summed E-state index contributed by atoms with van der Waals surface area (Å²) in [6, 6.07) is 23.0. The molecular weight excluding hydrogens is 390 g/mol. The summed E-state index contributed by atoms with van der Waals surface area (Å²) >= 11 is 0. The Morgan fingerprint density at radius 1 is 0.903 bits per heavy atom. The van der Waals surface area contributed by atoms with Crippen LogP contribution < -0.4 is 10.2 Å². The number of piperazine rings is 1. The summed E-state index contributed by atoms with van der Waals surface area (Å²) in [6.45, 7) is 4.62. The topological polar surface area (TPSA) is 67.0 Å². The Balaban J connectivity index is 1.40. The van der Waals surface area contributed by atoms with Gasteiger partial charge in [0, 0.05) is 0 Å². The van der Waals surface area contributed by atoms with E-state index in [9.17, 15) is 9.59 Å². The molecule has 1 fully saturated rings. The van der Waals surface area contributed by atoms with Crippen molar-refractivity contribution in [2.24, 2.45) is 0 Å². The van der Waals surface area contributed by atoms with Gasteiger partial charge in [-0.05, 0) is 30.2 Å². The van der Waals surface area contributed by atoms with Gasteiger partial charge in [-0.25, -0.2) is 0 Å². The molecule has 1 aromatic heterocycles. The number of carbonyl (C=O) groups excluding carboxylic acids is 2. The Hall–Kier alpha value is -3.38. The molecule has 1 atom stereocenters. The number of hydrogen-bond donors (Lipinski definition) is 2. The maximum atomic E-state index is 13.2. The predicted octanol–water partition coefficient (Wildman–Crippen LogP) is 1.91. The zero-order valence-corrected chi connectivity index (χ0v) is 17.7. The molecule has 6 heteroatoms. The molecule has 0 bridgehead atoms. The molecule has 0 radical (unpaired) electrons. The zero-order chi connectivity index (χ0) is 21.6. The van der Waals surface area contributed by atoms with Crippen molar-refractivity contribution in [3.63, 3.8) is 0 Å². The van der Waals surface area contributed by atoms with Gasteiger partial charge in [0.1, 0.15) is 0 Å². The first-order valence-corrected chi connectivity index (χ1v) is 10.7. The van der Waals surface area contributed by atoms with E-state index >= 15 is 0 Å². The van der Waals surface area contributed by atoms with E-state index in [1.165, 1.54) is 11.2 Å². The average Bonchev–Trinajstić information content (AvgIpc) is 3.38. The lowest BCUT2D eigenvalue weighted by Gasteiger charge is -2.35. The number of nitrogens with one attached hydrogen (secondary N) is 2. The van der Waals surface area contributed by atoms with E-state index in [0.29, 0.717) is 18.8 Å². The van der Waals surface area contributed by atoms with Crippen LogP contribution in [-0.4, -0.2) is 48.9 Å². The highest BCUT2D eigenvalue weighted by Gasteiger charge is 2.32. The van der Waals surface area contributed by atoms with E-state index in [2.05, 4.69) is 5.32 Å². The molecular formula is C25H28N3O3+. The van der Waals surface area contributed by atoms with Crippen LogP contribution in [0.25, 0.3) is 0 Å². The van der Waals surface area contributed by atoms with Crippen LogP contribution in [-0.2, 0) is 4.79 Å². The molecule has 2 heterocycles. The summed E-state index contributed by atoms with van der Waals surface area (Å²) in [5, 5.41) is 3.25. The zero-order valence-electron chi connectivity index (χ0n) is 17.7. The standard InChI is InChI=1S/C25H27N3O3/c1-19(27-14-16-28(17-15-27)25(30)22-13-8-18-31-22)24(29)26-23(20-9-4-2-5-10-20)21-11-6-3-7-12-21/h2-13,18-19,23H,14-17H2,1H3,(H,26,29)/p+1/t19-/m0/s1. The van der Waals surface area contributed by atoms with Crippen molar-refractivity contribution >= 4 is 11.8 Å². The fourth-order valence-corrected chi connectivity index (χ4v) is 4.09. The molecule has 0 spiro atoms. The van der Waals surface area contributed by atoms with E-state index in [-0.39, 0.29) is 23.9 Å². The van der Waals surface area contributed by atoms with Crippen LogP contribution in [0.1, 0.15) is 34.6 Å². The minimum Gasteiger partial charge on any atom is -0.459 e. The monoisotopic (exact) mass is 418 g/mol. The van der Waals surface area contributed by atoms with Crippen LogP contribution in [0.5, 0.6) is 0 Å². The highest BCUT2D eigenvalue weighted by Crippen LogP contribution is 2.21. The maximum Gasteiger partial charge on any atom is 0.289 e. The average molecular weight is 419 g/mol. The fourth-order valence-electron chi connectivity index (χ4n) is 4.09. The van der Waals surface area contributed by atoms with Gasteiger partial charge < -0.3 is 19.5 Å². The van der Waals surface area contributed by atoms with Gasteiger partial charge in [0.2, 0.25) is 0 Å². The number of carbonyl (C=O) groups is 2. The number of rotatable bonds is 6. The van der Waals surface area contributed by atoms with Gasteiger partial charge in [0.15, 0.2) is 11.8 Å². The molecule has 3 aromatic rings. The van der Waals surface area contributed by atoms with Gasteiger partial charge in [0.25, 0.3) is 11.8 Å². The molecule has 0 aliphatic carbocycles. The van der Waals surface area contributed by atoms with Gasteiger partial charge in [-0.3, -0.25) is 9.59 Å². The van der Waals surface area contributed by atoms with Gasteiger partial charge in [0.05, 0.1) is 38.5 Å². The van der Waals surface area contributed by atoms with Crippen molar-refractivity contribution < 1.29 is 18.9 Å². The molecule has 1 saturated heterocycles. The Labute approximate surface area is 182 Å². The molecule has 4 rings (SSSR count). The van der Waals surface area contributed by atoms with Gasteiger partial charge in [-0.1, -0.05) is 60.7 Å². The van der Waals surface area contributed by atoms with Crippen LogP contribution in [0, 0.1) is 0 Å². The van der Waals surface area contributed by atoms with Crippen molar-refractivity contribution in [1.82, 2.24) is 10.2 Å². The molecule has 6 nitrogen and oxygen atoms in total. The summed E-state index contributed by atoms with van der Waals surface area (Å²) in [5.74, 6) is 0.288. The van der Waals surface area contributed by atoms with Crippen molar-refractivity contribution in [3.8, 4) is 0 Å². The Bertz CT molecular complexity index is 942. The third-order valence-electron chi connectivity index (χ3n) is 5.98. The molecule has 0 saturated carbocycles. The Kier molecular flexibility index (Phi) is 6.48. The van der Waals surface area contributed by atoms with E-state index < -0.39 is 0 Å². The molecule has 2 N–H and O–H groups in total. The van der Waals surface area contributed by atoms with Gasteiger partial charge in [-0.15, -0.1) is 0 Å². The molecule has 2 aromatic carbocycles. The number of furan rings is 1. The second-order valence-electron chi connectivity index (χ2n) is 7.91. The summed E-state index contributed by atoms with van der Waals surface area (Å²) in [5.41, 5.74) is 2.11. The van der Waals surface area contributed by atoms with Crippen molar-refractivity contribution in [2.75, 3.05) is 26.2 Å². The number of hydrogen-bond acceptors (Lipinski definition) is 3. The minimum absolute atomic E-state index is 0.0125. The molecule has 31 heavy (non-hydrogen) atoms. The lowest BCUT2D eigenvalue weighted by molar-refractivity contribution is -0.917. The summed E-state index contributed by atoms with van der Waals surface area (Å²) < 4.78 is 5.23. The third-order valence-corrected chi connectivity index (χ3v) is 5.98. The highest BCUT2D eigenvalue weighted by atomic mass is 16.3. The molecule has 160 valence electrons. The van der Waals surface area contributed by atoms with E-state index in [4.69, 9.17) is 4.42 Å². The van der Waals surface area contributed by atoms with Crippen LogP contribution >= 0.6 is 0 Å². The lowest BCUT2D eigenvalue weighted by Crippen LogP contribution is -3.19. The SMILES string of the molecule is C[C@@H](C(=O)NC(c1ccccc1)c1ccccc1)[NH+]1CCN(C(=O)c2ccco2)CC1. The third kappa shape index (κ3) is 4.86. The first kappa shape index (κ1) is 20.9. The minimum atomic E-state index is -0.212. The quantitative estimate of drug-likeness (QED) is 0.643. The first-order valence-electron chi connectivity index (χ1n) is 10.7. The van der Waals surface area contributed by atoms with Crippen molar-refractivity contribution in [1.29, 1.82) is 0 Å². The highest BCUT2D eigenvalue weighted by molar-refractivity contribution is 5.91. The van der Waals surface area contributed by atoms with Gasteiger partial charge >= 0.3 is 0 Å². The predicted molar refractivity (Wildman–Crippen MR) is 118 cm³/mol. The van der Waals surface area contributed by atoms with Crippen LogP contribution in [0.3, 0.4) is 0 Å². The second kappa shape index (κ2) is 9.62. The fraction of sp³-hybridized carbons (Fsp3) is 0.280. The number of benzene rings is 2. The Morgan fingerprint density at radius 2 is 1.48 bits per heavy atom. The summed E-state index contributed by atoms with van der Waals surface area (Å²) in [4.78, 5) is 28.6. The second-order valence-corrected chi connectivity index (χ2v) is 7.91. The lowest BCUT2D eigenvalue weighted by atomic mass is 9.98. The summed E-state index contributed by atoms with van der Waals surface area (Å²) in [7, 11) is 0. The van der Waals surface area contributed by atoms with Crippen LogP contribution in [0.4, 0.5) is 0 Å². The van der Waals surface area contributed by atoms with Crippen molar-refractivity contribution in [2.45, 2.75) is 19.0 Å². The van der Waals surface area contributed by atoms with E-state index in [1.54, 1.807) is 17.0 Å². The smallest absolute Gasteiger partial charge is 0.289 e. The maximum absolute atomic E-state index is 13.2. The number of nitrogens with zero attached hydrogens (tertiary/aromatic N) is 1. The Morgan fingerprint density at radius 3 is 2.00 bits per heavy atom. The van der Waals surface area contributed by atoms with Crippen molar-refractivity contribution in [3.05, 3.63) is 95.9 Å². The first-order chi connectivity index (χ1) is 15.1. The van der Waals surface area contributed by atoms with E-state index in [0.717, 1.165) is 24.2 Å². The molecule has 2 amide bonds. The number of amides is 2. The largest absolute Gasteiger partial charge is 0.459 e. The normalized spacial score (nSPS) is 15.6. The number of quaternary nitrogens is 1. The summed E-state index contributed by atoms with van der Waals surface area (Å²) in [6.07, 6.45) is 1.51.